The minimum absolute atomic E-state index is 0.0146. The first-order valence-electron chi connectivity index (χ1n) is 13.3. The molecule has 0 aliphatic carbocycles. The third-order valence-electron chi connectivity index (χ3n) is 6.97. The van der Waals surface area contributed by atoms with Crippen molar-refractivity contribution in [2.75, 3.05) is 6.61 Å². The van der Waals surface area contributed by atoms with Crippen molar-refractivity contribution >= 4 is 23.0 Å². The van der Waals surface area contributed by atoms with Gasteiger partial charge in [-0.1, -0.05) is 12.1 Å². The van der Waals surface area contributed by atoms with Gasteiger partial charge in [0.2, 0.25) is 12.0 Å². The van der Waals surface area contributed by atoms with Gasteiger partial charge in [-0.15, -0.1) is 0 Å². The van der Waals surface area contributed by atoms with Crippen LogP contribution in [0.2, 0.25) is 0 Å². The summed E-state index contributed by atoms with van der Waals surface area (Å²) in [5.74, 6) is -2.52. The van der Waals surface area contributed by atoms with Crippen LogP contribution in [0.3, 0.4) is 0 Å². The lowest BCUT2D eigenvalue weighted by Gasteiger charge is -2.39. The summed E-state index contributed by atoms with van der Waals surface area (Å²) in [6, 6.07) is 12.2. The summed E-state index contributed by atoms with van der Waals surface area (Å²) in [6.07, 6.45) is -5.74. The number of hydrogen-bond donors (Lipinski definition) is 8. The van der Waals surface area contributed by atoms with E-state index in [0.717, 1.165) is 12.1 Å². The number of aliphatic hydroxyl groups excluding tert-OH is 3. The number of rotatable bonds is 7. The van der Waals surface area contributed by atoms with Crippen molar-refractivity contribution < 1.29 is 64.3 Å². The molecule has 5 unspecified atom stereocenters. The minimum atomic E-state index is -1.81. The summed E-state index contributed by atoms with van der Waals surface area (Å²) in [6.45, 7) is 0.985. The van der Waals surface area contributed by atoms with Gasteiger partial charge in [0.05, 0.1) is 11.6 Å². The minimum Gasteiger partial charge on any atom is -0.508 e. The Morgan fingerprint density at radius 1 is 0.886 bits per heavy atom. The lowest BCUT2D eigenvalue weighted by atomic mass is 9.99. The average molecular weight is 610 g/mol. The molecule has 1 aliphatic heterocycles. The summed E-state index contributed by atoms with van der Waals surface area (Å²) in [4.78, 5) is 12.3. The first-order chi connectivity index (χ1) is 20.9. The van der Waals surface area contributed by atoms with Crippen LogP contribution in [-0.4, -0.2) is 84.1 Å². The normalized spacial score (nSPS) is 21.9. The van der Waals surface area contributed by atoms with E-state index in [0.29, 0.717) is 5.56 Å². The molecule has 0 amide bonds. The van der Waals surface area contributed by atoms with Crippen LogP contribution in [0.5, 0.6) is 34.5 Å². The number of phenols is 5. The standard InChI is InChI=1S/C31H28O13/c1-14-8-16(9-21(35)26(14)37)30-23(12-19-20(34)10-18(33)11-22(19)42-30)43-31-29(40)28(39)27(38)24(44-31)13-41-25(36)7-4-15-2-5-17(32)6-3-15/h2-12,24,27-29,31,38-40H,13H2,1H3,(H4-,32,33,34,35,36,37)/p+1. The molecule has 44 heavy (non-hydrogen) atoms. The number of esters is 1. The molecule has 1 aromatic heterocycles. The molecule has 13 heteroatoms. The molecule has 0 bridgehead atoms. The fraction of sp³-hybridized carbons (Fsp3) is 0.226. The highest BCUT2D eigenvalue weighted by atomic mass is 16.7. The predicted octanol–water partition coefficient (Wildman–Crippen LogP) is 2.66. The van der Waals surface area contributed by atoms with Crippen LogP contribution in [0.25, 0.3) is 28.4 Å². The van der Waals surface area contributed by atoms with E-state index < -0.39 is 49.0 Å². The van der Waals surface area contributed by atoms with Gasteiger partial charge in [0.15, 0.2) is 11.5 Å². The van der Waals surface area contributed by atoms with E-state index >= 15 is 0 Å². The zero-order valence-corrected chi connectivity index (χ0v) is 23.1. The van der Waals surface area contributed by atoms with Gasteiger partial charge in [-0.05, 0) is 42.3 Å². The van der Waals surface area contributed by atoms with Crippen LogP contribution in [0.4, 0.5) is 0 Å². The molecule has 13 nitrogen and oxygen atoms in total. The third kappa shape index (κ3) is 6.31. The van der Waals surface area contributed by atoms with Crippen LogP contribution < -0.4 is 4.74 Å². The quantitative estimate of drug-likeness (QED) is 0.0655. The number of phenolic OH excluding ortho intramolecular Hbond substituents is 5. The molecular weight excluding hydrogens is 580 g/mol. The summed E-state index contributed by atoms with van der Waals surface area (Å²) in [5.41, 5.74) is 1.08. The topological polar surface area (TPSA) is 218 Å². The van der Waals surface area contributed by atoms with Crippen molar-refractivity contribution in [2.45, 2.75) is 37.6 Å². The highest BCUT2D eigenvalue weighted by Crippen LogP contribution is 2.43. The second kappa shape index (κ2) is 12.3. The van der Waals surface area contributed by atoms with Crippen LogP contribution in [0, 0.1) is 6.92 Å². The van der Waals surface area contributed by atoms with Crippen molar-refractivity contribution in [1.82, 2.24) is 0 Å². The van der Waals surface area contributed by atoms with E-state index in [4.69, 9.17) is 18.6 Å². The number of carbonyl (C=O) groups is 1. The van der Waals surface area contributed by atoms with Gasteiger partial charge in [-0.3, -0.25) is 0 Å². The molecule has 0 radical (unpaired) electrons. The van der Waals surface area contributed by atoms with Gasteiger partial charge in [0.25, 0.3) is 0 Å². The highest BCUT2D eigenvalue weighted by Gasteiger charge is 2.46. The summed E-state index contributed by atoms with van der Waals surface area (Å²) in [7, 11) is 0. The maximum Gasteiger partial charge on any atom is 0.402 e. The van der Waals surface area contributed by atoms with Crippen molar-refractivity contribution in [2.24, 2.45) is 0 Å². The fourth-order valence-electron chi connectivity index (χ4n) is 4.60. The number of aliphatic hydroxyl groups is 3. The van der Waals surface area contributed by atoms with Gasteiger partial charge in [0, 0.05) is 24.3 Å². The van der Waals surface area contributed by atoms with Gasteiger partial charge >= 0.3 is 17.3 Å². The molecule has 4 aromatic rings. The number of ether oxygens (including phenoxy) is 3. The van der Waals surface area contributed by atoms with Crippen LogP contribution in [-0.2, 0) is 14.3 Å². The Bertz CT molecular complexity index is 1690. The lowest BCUT2D eigenvalue weighted by molar-refractivity contribution is -0.278. The van der Waals surface area contributed by atoms with Gasteiger partial charge in [-0.25, -0.2) is 9.21 Å². The maximum atomic E-state index is 12.3. The Labute approximate surface area is 249 Å². The Morgan fingerprint density at radius 2 is 1.61 bits per heavy atom. The molecule has 8 N–H and O–H groups in total. The lowest BCUT2D eigenvalue weighted by Crippen LogP contribution is -2.60. The maximum absolute atomic E-state index is 12.3. The first-order valence-corrected chi connectivity index (χ1v) is 13.3. The number of carbonyl (C=O) groups excluding carboxylic acids is 1. The van der Waals surface area contributed by atoms with Crippen LogP contribution in [0.15, 0.2) is 65.1 Å². The molecule has 2 heterocycles. The third-order valence-corrected chi connectivity index (χ3v) is 6.97. The van der Waals surface area contributed by atoms with Gasteiger partial charge in [-0.2, -0.15) is 0 Å². The van der Waals surface area contributed by atoms with Crippen molar-refractivity contribution in [3.05, 3.63) is 71.8 Å². The smallest absolute Gasteiger partial charge is 0.402 e. The number of benzene rings is 3. The van der Waals surface area contributed by atoms with E-state index in [-0.39, 0.29) is 56.6 Å². The van der Waals surface area contributed by atoms with Crippen molar-refractivity contribution in [3.8, 4) is 45.8 Å². The Kier molecular flexibility index (Phi) is 8.47. The Balaban J connectivity index is 1.41. The Morgan fingerprint density at radius 3 is 2.32 bits per heavy atom. The molecule has 230 valence electrons. The van der Waals surface area contributed by atoms with Gasteiger partial charge < -0.3 is 55.1 Å². The number of hydrogen-bond acceptors (Lipinski definition) is 12. The monoisotopic (exact) mass is 609 g/mol. The second-order valence-electron chi connectivity index (χ2n) is 10.2. The van der Waals surface area contributed by atoms with Crippen molar-refractivity contribution in [3.63, 3.8) is 0 Å². The number of aryl methyl sites for hydroxylation is 1. The van der Waals surface area contributed by atoms with E-state index in [9.17, 15) is 45.6 Å². The largest absolute Gasteiger partial charge is 0.508 e. The first kappa shape index (κ1) is 30.4. The molecule has 0 saturated carbocycles. The van der Waals surface area contributed by atoms with Crippen LogP contribution >= 0.6 is 0 Å². The van der Waals surface area contributed by atoms with E-state index in [2.05, 4.69) is 0 Å². The molecule has 5 atom stereocenters. The van der Waals surface area contributed by atoms with E-state index in [1.807, 2.05) is 0 Å². The van der Waals surface area contributed by atoms with Crippen molar-refractivity contribution in [1.29, 1.82) is 0 Å². The zero-order chi connectivity index (χ0) is 31.7. The molecule has 1 aliphatic rings. The molecular formula is C31H29O13+. The number of fused-ring (bicyclic) bond motifs is 1. The SMILES string of the molecule is Cc1cc(-c2[o+]c3cc(O)cc(O)c3cc2OC2OC(COC(=O)/C=C/c3ccc(O)cc3)C(O)C(O)C2O)cc(O)c1O. The summed E-state index contributed by atoms with van der Waals surface area (Å²) < 4.78 is 22.7. The molecule has 1 fully saturated rings. The molecule has 1 saturated heterocycles. The zero-order valence-electron chi connectivity index (χ0n) is 23.1. The highest BCUT2D eigenvalue weighted by molar-refractivity contribution is 5.89. The summed E-state index contributed by atoms with van der Waals surface area (Å²) in [5, 5.41) is 81.8. The predicted molar refractivity (Wildman–Crippen MR) is 153 cm³/mol. The van der Waals surface area contributed by atoms with E-state index in [1.54, 1.807) is 12.1 Å². The molecule has 3 aromatic carbocycles. The molecule has 0 spiro atoms. The Hall–Kier alpha value is -5.08. The second-order valence-corrected chi connectivity index (χ2v) is 10.2. The van der Waals surface area contributed by atoms with E-state index in [1.165, 1.54) is 49.4 Å². The average Bonchev–Trinajstić information content (AvgIpc) is 2.98. The fourth-order valence-corrected chi connectivity index (χ4v) is 4.60. The van der Waals surface area contributed by atoms with Crippen LogP contribution in [0.1, 0.15) is 11.1 Å². The number of aromatic hydroxyl groups is 5. The summed E-state index contributed by atoms with van der Waals surface area (Å²) >= 11 is 0. The van der Waals surface area contributed by atoms with Gasteiger partial charge in [0.1, 0.15) is 53.7 Å². The molecule has 5 rings (SSSR count).